The van der Waals surface area contributed by atoms with Crippen molar-refractivity contribution in [2.45, 2.75) is 44.8 Å². The number of aromatic hydroxyl groups is 1. The molecule has 3 amide bonds. The number of phenols is 1. The molecule has 0 aliphatic carbocycles. The molecule has 8 N–H and O–H groups in total. The number of aliphatic carboxylic acids is 1. The predicted molar refractivity (Wildman–Crippen MR) is 111 cm³/mol. The number of carboxylic acids is 1. The van der Waals surface area contributed by atoms with Gasteiger partial charge >= 0.3 is 5.97 Å². The van der Waals surface area contributed by atoms with Gasteiger partial charge in [0, 0.05) is 6.42 Å². The summed E-state index contributed by atoms with van der Waals surface area (Å²) in [5, 5.41) is 34.8. The van der Waals surface area contributed by atoms with Crippen LogP contribution in [-0.4, -0.2) is 70.3 Å². The summed E-state index contributed by atoms with van der Waals surface area (Å²) in [7, 11) is 0. The van der Waals surface area contributed by atoms with Crippen LogP contribution in [0.25, 0.3) is 0 Å². The lowest BCUT2D eigenvalue weighted by Gasteiger charge is -2.22. The highest BCUT2D eigenvalue weighted by Crippen LogP contribution is 2.12. The lowest BCUT2D eigenvalue weighted by Crippen LogP contribution is -2.55. The van der Waals surface area contributed by atoms with Crippen LogP contribution in [0.15, 0.2) is 24.3 Å². The Labute approximate surface area is 180 Å². The Morgan fingerprint density at radius 3 is 2.19 bits per heavy atom. The first-order valence-electron chi connectivity index (χ1n) is 9.83. The molecule has 0 saturated heterocycles. The summed E-state index contributed by atoms with van der Waals surface area (Å²) in [6.07, 6.45) is 0.567. The maximum absolute atomic E-state index is 12.6. The highest BCUT2D eigenvalue weighted by Gasteiger charge is 2.27. The van der Waals surface area contributed by atoms with Crippen LogP contribution < -0.4 is 21.7 Å². The molecule has 0 spiro atoms. The third-order valence-corrected chi connectivity index (χ3v) is 4.76. The smallest absolute Gasteiger partial charge is 0.326 e. The number of carbonyl (C=O) groups excluding carboxylic acids is 3. The van der Waals surface area contributed by atoms with Crippen molar-refractivity contribution in [1.82, 2.24) is 16.0 Å². The topological polar surface area (TPSA) is 191 Å². The summed E-state index contributed by atoms with van der Waals surface area (Å²) in [5.41, 5.74) is 6.09. The normalized spacial score (nSPS) is 14.6. The van der Waals surface area contributed by atoms with E-state index in [2.05, 4.69) is 16.0 Å². The monoisotopic (exact) mass is 438 g/mol. The molecule has 4 atom stereocenters. The minimum absolute atomic E-state index is 0.0297. The van der Waals surface area contributed by atoms with Crippen LogP contribution in [0.2, 0.25) is 0 Å². The Morgan fingerprint density at radius 2 is 1.68 bits per heavy atom. The molecule has 1 aromatic rings. The zero-order valence-corrected chi connectivity index (χ0v) is 17.5. The quantitative estimate of drug-likeness (QED) is 0.204. The number of benzene rings is 1. The van der Waals surface area contributed by atoms with Gasteiger partial charge in [-0.3, -0.25) is 14.4 Å². The molecule has 0 bridgehead atoms. The average Bonchev–Trinajstić information content (AvgIpc) is 2.75. The van der Waals surface area contributed by atoms with Gasteiger partial charge in [0.2, 0.25) is 17.7 Å². The fraction of sp³-hybridized carbons (Fsp3) is 0.500. The van der Waals surface area contributed by atoms with Crippen LogP contribution in [0.1, 0.15) is 25.8 Å². The lowest BCUT2D eigenvalue weighted by atomic mass is 9.99. The number of carboxylic acid groups (broad SMARTS) is 1. The van der Waals surface area contributed by atoms with Crippen LogP contribution in [0.4, 0.5) is 0 Å². The van der Waals surface area contributed by atoms with E-state index in [1.807, 2.05) is 0 Å². The van der Waals surface area contributed by atoms with Crippen LogP contribution in [0.3, 0.4) is 0 Å². The van der Waals surface area contributed by atoms with Crippen molar-refractivity contribution in [2.24, 2.45) is 11.7 Å². The number of nitrogens with two attached hydrogens (primary N) is 1. The molecule has 1 aromatic carbocycles. The summed E-state index contributed by atoms with van der Waals surface area (Å²) < 4.78 is 0. The maximum atomic E-state index is 12.6. The highest BCUT2D eigenvalue weighted by molar-refractivity contribution is 5.92. The van der Waals surface area contributed by atoms with E-state index in [-0.39, 0.29) is 18.1 Å². The third kappa shape index (κ3) is 8.60. The summed E-state index contributed by atoms with van der Waals surface area (Å²) in [6, 6.07) is 2.51. The van der Waals surface area contributed by atoms with Crippen molar-refractivity contribution in [2.75, 3.05) is 13.2 Å². The fourth-order valence-electron chi connectivity index (χ4n) is 2.64. The molecule has 172 valence electrons. The summed E-state index contributed by atoms with van der Waals surface area (Å²) in [6.45, 7) is 2.37. The van der Waals surface area contributed by atoms with Crippen LogP contribution in [0, 0.1) is 5.92 Å². The minimum Gasteiger partial charge on any atom is -0.508 e. The van der Waals surface area contributed by atoms with Gasteiger partial charge in [-0.2, -0.15) is 0 Å². The molecular formula is C20H30N4O7. The van der Waals surface area contributed by atoms with Crippen LogP contribution in [-0.2, 0) is 25.6 Å². The molecule has 0 radical (unpaired) electrons. The van der Waals surface area contributed by atoms with E-state index >= 15 is 0 Å². The summed E-state index contributed by atoms with van der Waals surface area (Å²) in [5.74, 6) is -3.60. The van der Waals surface area contributed by atoms with E-state index in [0.29, 0.717) is 12.0 Å². The van der Waals surface area contributed by atoms with Gasteiger partial charge in [-0.25, -0.2) is 4.79 Å². The van der Waals surface area contributed by atoms with Gasteiger partial charge in [-0.15, -0.1) is 0 Å². The number of aliphatic hydroxyl groups excluding tert-OH is 1. The molecule has 0 aliphatic rings. The van der Waals surface area contributed by atoms with Crippen molar-refractivity contribution in [3.05, 3.63) is 29.8 Å². The van der Waals surface area contributed by atoms with Crippen molar-refractivity contribution in [1.29, 1.82) is 0 Å². The maximum Gasteiger partial charge on any atom is 0.326 e. The first-order chi connectivity index (χ1) is 14.6. The standard InChI is InChI=1S/C20H30N4O7/c1-3-11(2)17(20(30)31)24-16(27)9-22-19(29)15(23-18(28)14(21)10-25)8-12-4-6-13(26)7-5-12/h4-7,11,14-15,17,25-26H,3,8-10,21H2,1-2H3,(H,22,29)(H,23,28)(H,24,27)(H,30,31). The minimum atomic E-state index is -1.23. The van der Waals surface area contributed by atoms with Gasteiger partial charge < -0.3 is 37.0 Å². The van der Waals surface area contributed by atoms with Gasteiger partial charge in [-0.05, 0) is 23.6 Å². The van der Waals surface area contributed by atoms with E-state index in [1.54, 1.807) is 26.0 Å². The Bertz CT molecular complexity index is 769. The SMILES string of the molecule is CCC(C)C(NC(=O)CNC(=O)C(Cc1ccc(O)cc1)NC(=O)C(N)CO)C(=O)O. The molecule has 0 fully saturated rings. The number of aliphatic hydroxyl groups is 1. The fourth-order valence-corrected chi connectivity index (χ4v) is 2.64. The van der Waals surface area contributed by atoms with Gasteiger partial charge in [0.1, 0.15) is 23.9 Å². The molecule has 0 saturated carbocycles. The van der Waals surface area contributed by atoms with E-state index < -0.39 is 55.0 Å². The van der Waals surface area contributed by atoms with E-state index in [0.717, 1.165) is 0 Å². The number of hydrogen-bond donors (Lipinski definition) is 7. The number of amides is 3. The molecule has 0 heterocycles. The Hall–Kier alpha value is -3.18. The summed E-state index contributed by atoms with van der Waals surface area (Å²) >= 11 is 0. The molecular weight excluding hydrogens is 408 g/mol. The molecule has 0 aromatic heterocycles. The van der Waals surface area contributed by atoms with Crippen LogP contribution in [0.5, 0.6) is 5.75 Å². The zero-order valence-electron chi connectivity index (χ0n) is 17.5. The van der Waals surface area contributed by atoms with Crippen LogP contribution >= 0.6 is 0 Å². The van der Waals surface area contributed by atoms with E-state index in [9.17, 15) is 29.4 Å². The molecule has 0 aliphatic heterocycles. The molecule has 4 unspecified atom stereocenters. The largest absolute Gasteiger partial charge is 0.508 e. The number of rotatable bonds is 12. The van der Waals surface area contributed by atoms with Crippen molar-refractivity contribution >= 4 is 23.7 Å². The van der Waals surface area contributed by atoms with Gasteiger partial charge in [0.05, 0.1) is 13.2 Å². The number of phenolic OH excluding ortho intramolecular Hbond substituents is 1. The lowest BCUT2D eigenvalue weighted by molar-refractivity contribution is -0.143. The summed E-state index contributed by atoms with van der Waals surface area (Å²) in [4.78, 5) is 48.1. The Balaban J connectivity index is 2.81. The zero-order chi connectivity index (χ0) is 23.6. The molecule has 11 heteroatoms. The molecule has 1 rings (SSSR count). The first kappa shape index (κ1) is 25.9. The average molecular weight is 438 g/mol. The number of hydrogen-bond acceptors (Lipinski definition) is 7. The van der Waals surface area contributed by atoms with Crippen molar-refractivity contribution in [3.8, 4) is 5.75 Å². The van der Waals surface area contributed by atoms with Gasteiger partial charge in [0.25, 0.3) is 0 Å². The molecule has 11 nitrogen and oxygen atoms in total. The Morgan fingerprint density at radius 1 is 1.06 bits per heavy atom. The van der Waals surface area contributed by atoms with Gasteiger partial charge in [0.15, 0.2) is 0 Å². The predicted octanol–water partition coefficient (Wildman–Crippen LogP) is -1.53. The second-order valence-electron chi connectivity index (χ2n) is 7.21. The van der Waals surface area contributed by atoms with Crippen molar-refractivity contribution < 1.29 is 34.5 Å². The van der Waals surface area contributed by atoms with E-state index in [1.165, 1.54) is 12.1 Å². The molecule has 31 heavy (non-hydrogen) atoms. The number of nitrogens with one attached hydrogen (secondary N) is 3. The van der Waals surface area contributed by atoms with Gasteiger partial charge in [-0.1, -0.05) is 32.4 Å². The highest BCUT2D eigenvalue weighted by atomic mass is 16.4. The Kier molecular flexibility index (Phi) is 10.4. The second kappa shape index (κ2) is 12.5. The number of carbonyl (C=O) groups is 4. The first-order valence-corrected chi connectivity index (χ1v) is 9.83. The second-order valence-corrected chi connectivity index (χ2v) is 7.21. The van der Waals surface area contributed by atoms with E-state index in [4.69, 9.17) is 10.8 Å². The third-order valence-electron chi connectivity index (χ3n) is 4.76. The van der Waals surface area contributed by atoms with Crippen molar-refractivity contribution in [3.63, 3.8) is 0 Å².